The fourth-order valence-corrected chi connectivity index (χ4v) is 5.66. The highest BCUT2D eigenvalue weighted by atomic mass is 16.5. The lowest BCUT2D eigenvalue weighted by Gasteiger charge is -2.16. The molecule has 2 nitrogen and oxygen atoms in total. The van der Waals surface area contributed by atoms with Gasteiger partial charge in [-0.25, -0.2) is 0 Å². The molecule has 0 aromatic heterocycles. The second-order valence-electron chi connectivity index (χ2n) is 12.3. The number of ether oxygens (including phenoxy) is 1. The van der Waals surface area contributed by atoms with Gasteiger partial charge in [-0.05, 0) is 19.3 Å². The molecule has 0 spiro atoms. The molecule has 1 unspecified atom stereocenters. The highest BCUT2D eigenvalue weighted by Crippen LogP contribution is 2.21. The lowest BCUT2D eigenvalue weighted by Crippen LogP contribution is -2.18. The first-order valence-corrected chi connectivity index (χ1v) is 17.9. The molecular formula is C36H72O2. The van der Waals surface area contributed by atoms with Crippen LogP contribution in [0.25, 0.3) is 0 Å². The van der Waals surface area contributed by atoms with Gasteiger partial charge in [-0.2, -0.15) is 0 Å². The lowest BCUT2D eigenvalue weighted by molar-refractivity contribution is -0.149. The summed E-state index contributed by atoms with van der Waals surface area (Å²) < 4.78 is 5.79. The summed E-state index contributed by atoms with van der Waals surface area (Å²) in [5.74, 6) is 0.255. The molecule has 0 aliphatic heterocycles. The highest BCUT2D eigenvalue weighted by molar-refractivity contribution is 5.72. The van der Waals surface area contributed by atoms with Crippen molar-refractivity contribution in [1.29, 1.82) is 0 Å². The summed E-state index contributed by atoms with van der Waals surface area (Å²) in [6.07, 6.45) is 39.6. The molecule has 0 bridgehead atoms. The maximum atomic E-state index is 12.9. The van der Waals surface area contributed by atoms with Crippen molar-refractivity contribution in [1.82, 2.24) is 0 Å². The van der Waals surface area contributed by atoms with Crippen molar-refractivity contribution in [2.24, 2.45) is 5.92 Å². The number of unbranched alkanes of at least 4 members (excludes halogenated alkanes) is 25. The summed E-state index contributed by atoms with van der Waals surface area (Å²) in [5, 5.41) is 0. The molecule has 0 N–H and O–H groups in total. The van der Waals surface area contributed by atoms with Gasteiger partial charge in [0.25, 0.3) is 0 Å². The highest BCUT2D eigenvalue weighted by Gasteiger charge is 2.19. The standard InChI is InChI=1S/C36H72O2/c1-4-7-10-13-16-18-20-21-22-24-27-30-33-35(32-29-26-15-12-9-6-3)36(37)38-34-31-28-25-23-19-17-14-11-8-5-2/h35H,4-34H2,1-3H3. The summed E-state index contributed by atoms with van der Waals surface area (Å²) >= 11 is 0. The number of rotatable bonds is 32. The number of esters is 1. The predicted octanol–water partition coefficient (Wildman–Crippen LogP) is 12.9. The van der Waals surface area contributed by atoms with E-state index in [1.165, 1.54) is 173 Å². The summed E-state index contributed by atoms with van der Waals surface area (Å²) in [7, 11) is 0. The third-order valence-electron chi connectivity index (χ3n) is 8.39. The van der Waals surface area contributed by atoms with Crippen molar-refractivity contribution in [3.05, 3.63) is 0 Å². The van der Waals surface area contributed by atoms with Crippen molar-refractivity contribution in [3.8, 4) is 0 Å². The van der Waals surface area contributed by atoms with E-state index in [9.17, 15) is 4.79 Å². The molecule has 0 aromatic rings. The van der Waals surface area contributed by atoms with Crippen LogP contribution in [0.1, 0.15) is 213 Å². The van der Waals surface area contributed by atoms with Crippen LogP contribution < -0.4 is 0 Å². The van der Waals surface area contributed by atoms with Gasteiger partial charge in [-0.3, -0.25) is 4.79 Å². The van der Waals surface area contributed by atoms with Crippen LogP contribution in [-0.2, 0) is 9.53 Å². The van der Waals surface area contributed by atoms with Gasteiger partial charge in [0, 0.05) is 0 Å². The Balaban J connectivity index is 3.95. The number of carbonyl (C=O) groups excluding carboxylic acids is 1. The van der Waals surface area contributed by atoms with Gasteiger partial charge >= 0.3 is 5.97 Å². The van der Waals surface area contributed by atoms with Crippen LogP contribution >= 0.6 is 0 Å². The van der Waals surface area contributed by atoms with E-state index in [0.717, 1.165) is 19.3 Å². The second-order valence-corrected chi connectivity index (χ2v) is 12.3. The third-order valence-corrected chi connectivity index (χ3v) is 8.39. The van der Waals surface area contributed by atoms with Gasteiger partial charge in [-0.1, -0.05) is 194 Å². The fourth-order valence-electron chi connectivity index (χ4n) is 5.66. The van der Waals surface area contributed by atoms with E-state index in [1.54, 1.807) is 0 Å². The smallest absolute Gasteiger partial charge is 0.308 e. The van der Waals surface area contributed by atoms with E-state index in [1.807, 2.05) is 0 Å². The maximum Gasteiger partial charge on any atom is 0.308 e. The first-order chi connectivity index (χ1) is 18.8. The largest absolute Gasteiger partial charge is 0.465 e. The summed E-state index contributed by atoms with van der Waals surface area (Å²) in [4.78, 5) is 12.9. The van der Waals surface area contributed by atoms with Crippen LogP contribution in [0.3, 0.4) is 0 Å². The molecule has 1 atom stereocenters. The number of hydrogen-bond donors (Lipinski definition) is 0. The molecule has 0 fully saturated rings. The summed E-state index contributed by atoms with van der Waals surface area (Å²) in [5.41, 5.74) is 0. The monoisotopic (exact) mass is 537 g/mol. The normalized spacial score (nSPS) is 12.2. The molecule has 0 aliphatic carbocycles. The Hall–Kier alpha value is -0.530. The van der Waals surface area contributed by atoms with Crippen LogP contribution in [0.2, 0.25) is 0 Å². The van der Waals surface area contributed by atoms with Crippen LogP contribution in [0.4, 0.5) is 0 Å². The molecule has 0 aromatic carbocycles. The quantitative estimate of drug-likeness (QED) is 0.0631. The van der Waals surface area contributed by atoms with Gasteiger partial charge < -0.3 is 4.74 Å². The van der Waals surface area contributed by atoms with Crippen molar-refractivity contribution in [2.45, 2.75) is 213 Å². The average Bonchev–Trinajstić information content (AvgIpc) is 2.92. The summed E-state index contributed by atoms with van der Waals surface area (Å²) in [6.45, 7) is 7.48. The SMILES string of the molecule is CCCCCCCCCCCCCCC(CCCCCCCC)C(=O)OCCCCCCCCCCCC. The van der Waals surface area contributed by atoms with Gasteiger partial charge in [0.15, 0.2) is 0 Å². The molecule has 0 rings (SSSR count). The molecule has 228 valence electrons. The van der Waals surface area contributed by atoms with Gasteiger partial charge in [0.2, 0.25) is 0 Å². The zero-order valence-corrected chi connectivity index (χ0v) is 26.8. The van der Waals surface area contributed by atoms with Crippen LogP contribution in [0, 0.1) is 5.92 Å². The molecule has 0 saturated heterocycles. The van der Waals surface area contributed by atoms with E-state index >= 15 is 0 Å². The molecule has 38 heavy (non-hydrogen) atoms. The van der Waals surface area contributed by atoms with E-state index in [0.29, 0.717) is 6.61 Å². The van der Waals surface area contributed by atoms with Crippen molar-refractivity contribution in [3.63, 3.8) is 0 Å². The number of carbonyl (C=O) groups is 1. The minimum atomic E-state index is 0.109. The van der Waals surface area contributed by atoms with Crippen molar-refractivity contribution >= 4 is 5.97 Å². The molecule has 0 amide bonds. The van der Waals surface area contributed by atoms with Crippen molar-refractivity contribution in [2.75, 3.05) is 6.61 Å². The molecule has 0 radical (unpaired) electrons. The Kier molecular flexibility index (Phi) is 32.2. The third kappa shape index (κ3) is 28.5. The van der Waals surface area contributed by atoms with Crippen molar-refractivity contribution < 1.29 is 9.53 Å². The van der Waals surface area contributed by atoms with Crippen LogP contribution in [0.15, 0.2) is 0 Å². The topological polar surface area (TPSA) is 26.3 Å². The summed E-state index contributed by atoms with van der Waals surface area (Å²) in [6, 6.07) is 0. The zero-order chi connectivity index (χ0) is 27.8. The zero-order valence-electron chi connectivity index (χ0n) is 26.8. The minimum absolute atomic E-state index is 0.109. The van der Waals surface area contributed by atoms with Crippen LogP contribution in [-0.4, -0.2) is 12.6 Å². The molecule has 0 saturated carbocycles. The molecular weight excluding hydrogens is 464 g/mol. The second kappa shape index (κ2) is 32.7. The first-order valence-electron chi connectivity index (χ1n) is 17.9. The van der Waals surface area contributed by atoms with E-state index in [-0.39, 0.29) is 11.9 Å². The molecule has 2 heteroatoms. The minimum Gasteiger partial charge on any atom is -0.465 e. The van der Waals surface area contributed by atoms with Gasteiger partial charge in [0.1, 0.15) is 0 Å². The lowest BCUT2D eigenvalue weighted by atomic mass is 9.94. The Morgan fingerprint density at radius 2 is 0.658 bits per heavy atom. The Labute approximate surface area is 241 Å². The van der Waals surface area contributed by atoms with Gasteiger partial charge in [0.05, 0.1) is 12.5 Å². The maximum absolute atomic E-state index is 12.9. The Morgan fingerprint density at radius 3 is 0.974 bits per heavy atom. The molecule has 0 aliphatic rings. The first kappa shape index (κ1) is 37.5. The molecule has 0 heterocycles. The average molecular weight is 537 g/mol. The fraction of sp³-hybridized carbons (Fsp3) is 0.972. The Bertz CT molecular complexity index is 447. The van der Waals surface area contributed by atoms with E-state index < -0.39 is 0 Å². The van der Waals surface area contributed by atoms with E-state index in [2.05, 4.69) is 20.8 Å². The predicted molar refractivity (Wildman–Crippen MR) is 170 cm³/mol. The number of hydrogen-bond acceptors (Lipinski definition) is 2. The van der Waals surface area contributed by atoms with E-state index in [4.69, 9.17) is 4.74 Å². The Morgan fingerprint density at radius 1 is 0.395 bits per heavy atom. The van der Waals surface area contributed by atoms with Gasteiger partial charge in [-0.15, -0.1) is 0 Å². The van der Waals surface area contributed by atoms with Crippen LogP contribution in [0.5, 0.6) is 0 Å².